The second-order valence-electron chi connectivity index (χ2n) is 6.87. The molecule has 2 aliphatic rings. The number of rotatable bonds is 4. The Morgan fingerprint density at radius 2 is 1.74 bits per heavy atom. The molecule has 23 heavy (non-hydrogen) atoms. The molecule has 1 aromatic carbocycles. The zero-order valence-electron chi connectivity index (χ0n) is 14.1. The summed E-state index contributed by atoms with van der Waals surface area (Å²) in [6.45, 7) is 4.37. The molecule has 2 unspecified atom stereocenters. The maximum atomic E-state index is 12.7. The largest absolute Gasteiger partial charge is 0.339 e. The second-order valence-corrected chi connectivity index (χ2v) is 8.52. The van der Waals surface area contributed by atoms with Crippen LogP contribution in [0.1, 0.15) is 49.9 Å². The first-order chi connectivity index (χ1) is 10.5. The summed E-state index contributed by atoms with van der Waals surface area (Å²) in [6, 6.07) is 9.69. The van der Waals surface area contributed by atoms with E-state index in [1.165, 1.54) is 17.7 Å². The van der Waals surface area contributed by atoms with Gasteiger partial charge in [-0.2, -0.15) is 0 Å². The number of halogens is 1. The minimum Gasteiger partial charge on any atom is -0.339 e. The predicted octanol–water partition coefficient (Wildman–Crippen LogP) is 3.96. The maximum absolute atomic E-state index is 12.7. The standard InChI is InChI=1S/C18H26N2OS.ClH/c1-12(2)22-17-8-4-13(5-9-17)18(21)20(3)16-10-14-6-7-15(11-16)19-14;/h4-5,8-9,12,14-16,19H,6-7,10-11H2,1-3H3;1H. The highest BCUT2D eigenvalue weighted by molar-refractivity contribution is 7.99. The van der Waals surface area contributed by atoms with Gasteiger partial charge in [-0.3, -0.25) is 4.79 Å². The van der Waals surface area contributed by atoms with Crippen LogP contribution >= 0.6 is 24.2 Å². The number of hydrogen-bond acceptors (Lipinski definition) is 3. The zero-order chi connectivity index (χ0) is 15.7. The molecule has 0 aliphatic carbocycles. The van der Waals surface area contributed by atoms with Crippen LogP contribution in [-0.2, 0) is 0 Å². The summed E-state index contributed by atoms with van der Waals surface area (Å²) in [5.41, 5.74) is 0.807. The van der Waals surface area contributed by atoms with Gasteiger partial charge < -0.3 is 10.2 Å². The molecule has 128 valence electrons. The molecule has 3 nitrogen and oxygen atoms in total. The number of piperidine rings is 1. The molecule has 2 heterocycles. The Bertz CT molecular complexity index is 522. The van der Waals surface area contributed by atoms with Crippen molar-refractivity contribution in [2.24, 2.45) is 0 Å². The van der Waals surface area contributed by atoms with Gasteiger partial charge in [0.15, 0.2) is 0 Å². The van der Waals surface area contributed by atoms with Crippen LogP contribution in [0.5, 0.6) is 0 Å². The van der Waals surface area contributed by atoms with Gasteiger partial charge in [-0.1, -0.05) is 13.8 Å². The molecule has 2 atom stereocenters. The quantitative estimate of drug-likeness (QED) is 0.830. The first-order valence-corrected chi connectivity index (χ1v) is 9.21. The van der Waals surface area contributed by atoms with Gasteiger partial charge in [0.25, 0.3) is 5.91 Å². The first kappa shape index (κ1) is 18.6. The number of carbonyl (C=O) groups excluding carboxylic acids is 1. The van der Waals surface area contributed by atoms with E-state index < -0.39 is 0 Å². The number of thioether (sulfide) groups is 1. The van der Waals surface area contributed by atoms with E-state index in [-0.39, 0.29) is 18.3 Å². The number of benzene rings is 1. The first-order valence-electron chi connectivity index (χ1n) is 8.33. The van der Waals surface area contributed by atoms with E-state index in [9.17, 15) is 4.79 Å². The summed E-state index contributed by atoms with van der Waals surface area (Å²) in [6.07, 6.45) is 4.73. The topological polar surface area (TPSA) is 32.3 Å². The Kier molecular flexibility index (Phi) is 6.40. The molecule has 1 aromatic rings. The average Bonchev–Trinajstić information content (AvgIpc) is 2.84. The molecule has 2 fully saturated rings. The number of nitrogens with one attached hydrogen (secondary N) is 1. The Morgan fingerprint density at radius 1 is 1.17 bits per heavy atom. The number of nitrogens with zero attached hydrogens (tertiary/aromatic N) is 1. The maximum Gasteiger partial charge on any atom is 0.253 e. The second kappa shape index (κ2) is 7.91. The minimum absolute atomic E-state index is 0. The van der Waals surface area contributed by atoms with Crippen LogP contribution in [0.4, 0.5) is 0 Å². The summed E-state index contributed by atoms with van der Waals surface area (Å²) in [7, 11) is 1.97. The molecule has 2 bridgehead atoms. The molecule has 1 amide bonds. The average molecular weight is 355 g/mol. The molecular formula is C18H27ClN2OS. The number of fused-ring (bicyclic) bond motifs is 2. The number of amides is 1. The van der Waals surface area contributed by atoms with E-state index >= 15 is 0 Å². The molecule has 0 spiro atoms. The zero-order valence-corrected chi connectivity index (χ0v) is 15.8. The Balaban J connectivity index is 0.00000192. The van der Waals surface area contributed by atoms with E-state index in [0.29, 0.717) is 23.4 Å². The Hall–Kier alpha value is -0.710. The van der Waals surface area contributed by atoms with Crippen LogP contribution in [-0.4, -0.2) is 41.2 Å². The SMILES string of the molecule is CC(C)Sc1ccc(C(=O)N(C)C2CC3CCC(C2)N3)cc1.Cl. The molecule has 0 saturated carbocycles. The van der Waals surface area contributed by atoms with E-state index in [1.54, 1.807) is 0 Å². The van der Waals surface area contributed by atoms with Gasteiger partial charge in [0.2, 0.25) is 0 Å². The van der Waals surface area contributed by atoms with E-state index in [0.717, 1.165) is 18.4 Å². The predicted molar refractivity (Wildman–Crippen MR) is 99.7 cm³/mol. The molecule has 2 saturated heterocycles. The lowest BCUT2D eigenvalue weighted by Crippen LogP contribution is -2.48. The Morgan fingerprint density at radius 3 is 2.26 bits per heavy atom. The van der Waals surface area contributed by atoms with Crippen molar-refractivity contribution in [1.82, 2.24) is 10.2 Å². The summed E-state index contributed by atoms with van der Waals surface area (Å²) in [4.78, 5) is 15.9. The molecule has 3 rings (SSSR count). The number of hydrogen-bond donors (Lipinski definition) is 1. The third-order valence-corrected chi connectivity index (χ3v) is 5.81. The summed E-state index contributed by atoms with van der Waals surface area (Å²) < 4.78 is 0. The third kappa shape index (κ3) is 4.43. The molecular weight excluding hydrogens is 328 g/mol. The smallest absolute Gasteiger partial charge is 0.253 e. The van der Waals surface area contributed by atoms with Crippen molar-refractivity contribution in [1.29, 1.82) is 0 Å². The van der Waals surface area contributed by atoms with Crippen LogP contribution in [0.15, 0.2) is 29.2 Å². The highest BCUT2D eigenvalue weighted by Gasteiger charge is 2.36. The number of carbonyl (C=O) groups is 1. The molecule has 0 radical (unpaired) electrons. The summed E-state index contributed by atoms with van der Waals surface area (Å²) >= 11 is 1.83. The monoisotopic (exact) mass is 354 g/mol. The van der Waals surface area contributed by atoms with Crippen molar-refractivity contribution in [3.63, 3.8) is 0 Å². The van der Waals surface area contributed by atoms with Gasteiger partial charge in [-0.25, -0.2) is 0 Å². The van der Waals surface area contributed by atoms with Gasteiger partial charge >= 0.3 is 0 Å². The fourth-order valence-corrected chi connectivity index (χ4v) is 4.50. The molecule has 2 aliphatic heterocycles. The summed E-state index contributed by atoms with van der Waals surface area (Å²) in [5, 5.41) is 4.20. The van der Waals surface area contributed by atoms with Gasteiger partial charge in [0.1, 0.15) is 0 Å². The Labute approximate surface area is 150 Å². The van der Waals surface area contributed by atoms with Crippen LogP contribution < -0.4 is 5.32 Å². The van der Waals surface area contributed by atoms with Crippen molar-refractivity contribution in [2.75, 3.05) is 7.05 Å². The van der Waals surface area contributed by atoms with Crippen molar-refractivity contribution in [3.8, 4) is 0 Å². The van der Waals surface area contributed by atoms with E-state index in [1.807, 2.05) is 35.8 Å². The molecule has 0 aromatic heterocycles. The van der Waals surface area contributed by atoms with E-state index in [2.05, 4.69) is 31.3 Å². The lowest BCUT2D eigenvalue weighted by molar-refractivity contribution is 0.0681. The van der Waals surface area contributed by atoms with Crippen LogP contribution in [0.25, 0.3) is 0 Å². The van der Waals surface area contributed by atoms with E-state index in [4.69, 9.17) is 0 Å². The minimum atomic E-state index is 0. The highest BCUT2D eigenvalue weighted by atomic mass is 35.5. The van der Waals surface area contributed by atoms with Crippen LogP contribution in [0, 0.1) is 0 Å². The summed E-state index contributed by atoms with van der Waals surface area (Å²) in [5.74, 6) is 0.160. The van der Waals surface area contributed by atoms with Crippen LogP contribution in [0.3, 0.4) is 0 Å². The van der Waals surface area contributed by atoms with Crippen molar-refractivity contribution < 1.29 is 4.79 Å². The van der Waals surface area contributed by atoms with Crippen molar-refractivity contribution in [2.45, 2.75) is 67.8 Å². The van der Waals surface area contributed by atoms with Gasteiger partial charge in [0.05, 0.1) is 0 Å². The normalized spacial score (nSPS) is 26.0. The third-order valence-electron chi connectivity index (χ3n) is 4.79. The van der Waals surface area contributed by atoms with Crippen molar-refractivity contribution >= 4 is 30.1 Å². The molecule has 1 N–H and O–H groups in total. The fraction of sp³-hybridized carbons (Fsp3) is 0.611. The van der Waals surface area contributed by atoms with Gasteiger partial charge in [0, 0.05) is 40.9 Å². The highest BCUT2D eigenvalue weighted by Crippen LogP contribution is 2.30. The molecule has 5 heteroatoms. The van der Waals surface area contributed by atoms with Crippen LogP contribution in [0.2, 0.25) is 0 Å². The van der Waals surface area contributed by atoms with Crippen molar-refractivity contribution in [3.05, 3.63) is 29.8 Å². The lowest BCUT2D eigenvalue weighted by atomic mass is 9.98. The lowest BCUT2D eigenvalue weighted by Gasteiger charge is -2.35. The van der Waals surface area contributed by atoms with Gasteiger partial charge in [-0.05, 0) is 49.9 Å². The van der Waals surface area contributed by atoms with Gasteiger partial charge in [-0.15, -0.1) is 24.2 Å². The fourth-order valence-electron chi connectivity index (χ4n) is 3.66.